The largest absolute Gasteiger partial charge is 0.395 e. The van der Waals surface area contributed by atoms with Crippen LogP contribution in [0.2, 0.25) is 0 Å². The zero-order valence-electron chi connectivity index (χ0n) is 12.6. The Hall–Kier alpha value is -1.52. The molecule has 0 aromatic carbocycles. The van der Waals surface area contributed by atoms with Crippen molar-refractivity contribution in [3.05, 3.63) is 11.4 Å². The molecule has 1 aliphatic rings. The SMILES string of the molecule is CCCc1[nH]nc(C(=O)NCC2(CC)CCCC2)c1N. The van der Waals surface area contributed by atoms with Gasteiger partial charge in [0.2, 0.25) is 0 Å². The number of aromatic amines is 1. The second-order valence-corrected chi connectivity index (χ2v) is 5.96. The Kier molecular flexibility index (Phi) is 4.68. The Labute approximate surface area is 120 Å². The van der Waals surface area contributed by atoms with Crippen LogP contribution in [0.4, 0.5) is 5.69 Å². The van der Waals surface area contributed by atoms with Crippen LogP contribution in [-0.2, 0) is 6.42 Å². The number of H-pyrrole nitrogens is 1. The molecule has 0 atom stereocenters. The number of amides is 1. The predicted molar refractivity (Wildman–Crippen MR) is 80.5 cm³/mol. The van der Waals surface area contributed by atoms with Gasteiger partial charge in [-0.3, -0.25) is 9.89 Å². The third-order valence-electron chi connectivity index (χ3n) is 4.64. The fourth-order valence-electron chi connectivity index (χ4n) is 3.13. The quantitative estimate of drug-likeness (QED) is 0.748. The molecule has 4 N–H and O–H groups in total. The maximum Gasteiger partial charge on any atom is 0.273 e. The third kappa shape index (κ3) is 2.97. The average Bonchev–Trinajstić information content (AvgIpc) is 3.06. The summed E-state index contributed by atoms with van der Waals surface area (Å²) in [6, 6.07) is 0. The molecule has 1 aliphatic carbocycles. The van der Waals surface area contributed by atoms with Crippen LogP contribution in [0.15, 0.2) is 0 Å². The lowest BCUT2D eigenvalue weighted by atomic mass is 9.83. The Morgan fingerprint density at radius 3 is 2.70 bits per heavy atom. The summed E-state index contributed by atoms with van der Waals surface area (Å²) in [6.07, 6.45) is 7.88. The van der Waals surface area contributed by atoms with E-state index in [1.807, 2.05) is 0 Å². The van der Waals surface area contributed by atoms with Gasteiger partial charge in [0, 0.05) is 6.54 Å². The van der Waals surface area contributed by atoms with E-state index in [-0.39, 0.29) is 11.3 Å². The summed E-state index contributed by atoms with van der Waals surface area (Å²) in [5, 5.41) is 9.96. The predicted octanol–water partition coefficient (Wildman–Crippen LogP) is 2.64. The number of aromatic nitrogens is 2. The van der Waals surface area contributed by atoms with Gasteiger partial charge in [0.15, 0.2) is 5.69 Å². The fraction of sp³-hybridized carbons (Fsp3) is 0.733. The first kappa shape index (κ1) is 14.9. The van der Waals surface area contributed by atoms with E-state index in [0.717, 1.165) is 31.5 Å². The van der Waals surface area contributed by atoms with Crippen LogP contribution in [0.3, 0.4) is 0 Å². The van der Waals surface area contributed by atoms with Gasteiger partial charge in [-0.15, -0.1) is 0 Å². The minimum Gasteiger partial charge on any atom is -0.395 e. The molecule has 1 fully saturated rings. The highest BCUT2D eigenvalue weighted by molar-refractivity contribution is 5.97. The summed E-state index contributed by atoms with van der Waals surface area (Å²) in [4.78, 5) is 12.2. The van der Waals surface area contributed by atoms with Gasteiger partial charge in [-0.2, -0.15) is 5.10 Å². The first-order chi connectivity index (χ1) is 9.62. The number of hydrogen-bond acceptors (Lipinski definition) is 3. The molecule has 2 rings (SSSR count). The summed E-state index contributed by atoms with van der Waals surface area (Å²) in [6.45, 7) is 5.02. The topological polar surface area (TPSA) is 83.8 Å². The number of nitrogens with zero attached hydrogens (tertiary/aromatic N) is 1. The second-order valence-electron chi connectivity index (χ2n) is 5.96. The molecule has 0 bridgehead atoms. The third-order valence-corrected chi connectivity index (χ3v) is 4.64. The van der Waals surface area contributed by atoms with Gasteiger partial charge in [0.1, 0.15) is 0 Å². The molecule has 1 aromatic heterocycles. The van der Waals surface area contributed by atoms with Gasteiger partial charge < -0.3 is 11.1 Å². The van der Waals surface area contributed by atoms with E-state index in [2.05, 4.69) is 29.4 Å². The Balaban J connectivity index is 1.98. The zero-order valence-corrected chi connectivity index (χ0v) is 12.6. The normalized spacial score (nSPS) is 17.3. The van der Waals surface area contributed by atoms with Gasteiger partial charge >= 0.3 is 0 Å². The van der Waals surface area contributed by atoms with Crippen LogP contribution in [0.5, 0.6) is 0 Å². The molecule has 1 saturated carbocycles. The molecule has 5 heteroatoms. The molecule has 0 unspecified atom stereocenters. The maximum absolute atomic E-state index is 12.2. The van der Waals surface area contributed by atoms with E-state index in [4.69, 9.17) is 5.73 Å². The monoisotopic (exact) mass is 278 g/mol. The first-order valence-corrected chi connectivity index (χ1v) is 7.73. The molecule has 0 saturated heterocycles. The number of carbonyl (C=O) groups is 1. The smallest absolute Gasteiger partial charge is 0.273 e. The Morgan fingerprint density at radius 1 is 1.40 bits per heavy atom. The van der Waals surface area contributed by atoms with Crippen molar-refractivity contribution in [1.29, 1.82) is 0 Å². The van der Waals surface area contributed by atoms with Gasteiger partial charge in [0.05, 0.1) is 11.4 Å². The van der Waals surface area contributed by atoms with Crippen LogP contribution in [0, 0.1) is 5.41 Å². The molecule has 5 nitrogen and oxygen atoms in total. The van der Waals surface area contributed by atoms with Crippen molar-refractivity contribution < 1.29 is 4.79 Å². The lowest BCUT2D eigenvalue weighted by Crippen LogP contribution is -2.36. The van der Waals surface area contributed by atoms with Crippen molar-refractivity contribution in [2.75, 3.05) is 12.3 Å². The van der Waals surface area contributed by atoms with Crippen LogP contribution >= 0.6 is 0 Å². The molecule has 0 aliphatic heterocycles. The van der Waals surface area contributed by atoms with Gasteiger partial charge in [-0.25, -0.2) is 0 Å². The fourth-order valence-corrected chi connectivity index (χ4v) is 3.13. The molecule has 112 valence electrons. The van der Waals surface area contributed by atoms with E-state index in [0.29, 0.717) is 11.4 Å². The van der Waals surface area contributed by atoms with Gasteiger partial charge in [0.25, 0.3) is 5.91 Å². The number of nitrogens with two attached hydrogens (primary N) is 1. The molecule has 20 heavy (non-hydrogen) atoms. The van der Waals surface area contributed by atoms with Gasteiger partial charge in [-0.1, -0.05) is 33.1 Å². The number of nitrogen functional groups attached to an aromatic ring is 1. The summed E-state index contributed by atoms with van der Waals surface area (Å²) in [7, 11) is 0. The maximum atomic E-state index is 12.2. The van der Waals surface area contributed by atoms with Crippen LogP contribution in [-0.4, -0.2) is 22.6 Å². The number of carbonyl (C=O) groups excluding carboxylic acids is 1. The van der Waals surface area contributed by atoms with Crippen molar-refractivity contribution in [2.45, 2.75) is 58.8 Å². The van der Waals surface area contributed by atoms with E-state index >= 15 is 0 Å². The zero-order chi connectivity index (χ0) is 14.6. The van der Waals surface area contributed by atoms with E-state index in [9.17, 15) is 4.79 Å². The first-order valence-electron chi connectivity index (χ1n) is 7.73. The number of rotatable bonds is 6. The number of aryl methyl sites for hydroxylation is 1. The van der Waals surface area contributed by atoms with Crippen LogP contribution < -0.4 is 11.1 Å². The van der Waals surface area contributed by atoms with Crippen molar-refractivity contribution in [1.82, 2.24) is 15.5 Å². The van der Waals surface area contributed by atoms with Crippen molar-refractivity contribution in [3.8, 4) is 0 Å². The molecule has 0 radical (unpaired) electrons. The lowest BCUT2D eigenvalue weighted by Gasteiger charge is -2.27. The average molecular weight is 278 g/mol. The second kappa shape index (κ2) is 6.29. The van der Waals surface area contributed by atoms with Crippen LogP contribution in [0.1, 0.15) is 68.6 Å². The minimum absolute atomic E-state index is 0.152. The summed E-state index contributed by atoms with van der Waals surface area (Å²) < 4.78 is 0. The van der Waals surface area contributed by atoms with E-state index in [1.165, 1.54) is 25.7 Å². The molecule has 0 spiro atoms. The molecule has 1 aromatic rings. The highest BCUT2D eigenvalue weighted by Crippen LogP contribution is 2.40. The molecule has 1 amide bonds. The Bertz CT molecular complexity index is 460. The molecular formula is C15H26N4O. The standard InChI is InChI=1S/C15H26N4O/c1-3-7-11-12(16)13(19-18-11)14(20)17-10-15(4-2)8-5-6-9-15/h3-10,16H2,1-2H3,(H,17,20)(H,18,19). The van der Waals surface area contributed by atoms with E-state index < -0.39 is 0 Å². The molecular weight excluding hydrogens is 252 g/mol. The lowest BCUT2D eigenvalue weighted by molar-refractivity contribution is 0.0924. The van der Waals surface area contributed by atoms with Crippen molar-refractivity contribution in [3.63, 3.8) is 0 Å². The van der Waals surface area contributed by atoms with Gasteiger partial charge in [-0.05, 0) is 31.1 Å². The number of anilines is 1. The minimum atomic E-state index is -0.152. The summed E-state index contributed by atoms with van der Waals surface area (Å²) >= 11 is 0. The van der Waals surface area contributed by atoms with Crippen molar-refractivity contribution >= 4 is 11.6 Å². The van der Waals surface area contributed by atoms with Crippen molar-refractivity contribution in [2.24, 2.45) is 5.41 Å². The van der Waals surface area contributed by atoms with Crippen LogP contribution in [0.25, 0.3) is 0 Å². The van der Waals surface area contributed by atoms with E-state index in [1.54, 1.807) is 0 Å². The molecule has 1 heterocycles. The Morgan fingerprint density at radius 2 is 2.10 bits per heavy atom. The number of nitrogens with one attached hydrogen (secondary N) is 2. The highest BCUT2D eigenvalue weighted by atomic mass is 16.1. The summed E-state index contributed by atoms with van der Waals surface area (Å²) in [5.41, 5.74) is 7.98. The number of hydrogen-bond donors (Lipinski definition) is 3. The summed E-state index contributed by atoms with van der Waals surface area (Å²) in [5.74, 6) is -0.152. The highest BCUT2D eigenvalue weighted by Gasteiger charge is 2.32.